The van der Waals surface area contributed by atoms with Gasteiger partial charge in [0.2, 0.25) is 5.91 Å². The quantitative estimate of drug-likeness (QED) is 0.200. The molecule has 0 aliphatic rings. The summed E-state index contributed by atoms with van der Waals surface area (Å²) in [7, 11) is 0. The lowest BCUT2D eigenvalue weighted by Gasteiger charge is -2.05. The fourth-order valence-electron chi connectivity index (χ4n) is 2.95. The normalized spacial score (nSPS) is 10.6. The van der Waals surface area contributed by atoms with Gasteiger partial charge in [-0.25, -0.2) is 0 Å². The van der Waals surface area contributed by atoms with Crippen LogP contribution in [0.5, 0.6) is 0 Å². The van der Waals surface area contributed by atoms with Crippen LogP contribution in [0, 0.1) is 0 Å². The van der Waals surface area contributed by atoms with Gasteiger partial charge < -0.3 is 10.1 Å². The summed E-state index contributed by atoms with van der Waals surface area (Å²) >= 11 is 0. The molecule has 0 radical (unpaired) electrons. The van der Waals surface area contributed by atoms with Gasteiger partial charge in [0.05, 0.1) is 6.61 Å². The van der Waals surface area contributed by atoms with E-state index in [1.54, 1.807) is 6.92 Å². The Kier molecular flexibility index (Phi) is 18.5. The van der Waals surface area contributed by atoms with Crippen LogP contribution >= 0.6 is 0 Å². The van der Waals surface area contributed by atoms with Crippen molar-refractivity contribution < 1.29 is 14.3 Å². The molecular formula is C21H41NO3. The molecule has 0 aliphatic heterocycles. The Morgan fingerprint density at radius 3 is 1.56 bits per heavy atom. The second-order valence-corrected chi connectivity index (χ2v) is 6.93. The van der Waals surface area contributed by atoms with E-state index in [0.717, 1.165) is 12.8 Å². The summed E-state index contributed by atoms with van der Waals surface area (Å²) < 4.78 is 4.74. The molecule has 4 heteroatoms. The van der Waals surface area contributed by atoms with E-state index in [2.05, 4.69) is 12.2 Å². The number of carbonyl (C=O) groups excluding carboxylic acids is 2. The molecule has 0 atom stereocenters. The number of hydrogen-bond acceptors (Lipinski definition) is 3. The van der Waals surface area contributed by atoms with Gasteiger partial charge in [0, 0.05) is 6.54 Å². The van der Waals surface area contributed by atoms with Crippen LogP contribution in [0.15, 0.2) is 0 Å². The molecule has 0 rings (SSSR count). The first-order valence-electron chi connectivity index (χ1n) is 10.6. The number of carbonyl (C=O) groups is 2. The van der Waals surface area contributed by atoms with E-state index >= 15 is 0 Å². The average molecular weight is 356 g/mol. The molecule has 0 bridgehead atoms. The molecule has 0 spiro atoms. The molecule has 0 aromatic carbocycles. The first-order valence-corrected chi connectivity index (χ1v) is 10.6. The molecule has 148 valence electrons. The zero-order chi connectivity index (χ0) is 18.6. The van der Waals surface area contributed by atoms with Crippen molar-refractivity contribution in [2.45, 2.75) is 110 Å². The highest BCUT2D eigenvalue weighted by Gasteiger charge is 2.08. The van der Waals surface area contributed by atoms with Crippen LogP contribution in [0.2, 0.25) is 0 Å². The molecule has 0 fully saturated rings. The number of esters is 1. The standard InChI is InChI=1S/C21H41NO3/c1-3-5-6-7-8-9-10-11-12-13-14-15-16-17-18-22-20(23)19-21(24)25-4-2/h3-19H2,1-2H3,(H,22,23). The van der Waals surface area contributed by atoms with Gasteiger partial charge in [-0.1, -0.05) is 90.4 Å². The predicted octanol–water partition coefficient (Wildman–Crippen LogP) is 5.54. The molecule has 0 saturated heterocycles. The van der Waals surface area contributed by atoms with E-state index in [-0.39, 0.29) is 12.3 Å². The Morgan fingerprint density at radius 1 is 0.680 bits per heavy atom. The van der Waals surface area contributed by atoms with E-state index < -0.39 is 5.97 Å². The van der Waals surface area contributed by atoms with Crippen molar-refractivity contribution >= 4 is 11.9 Å². The van der Waals surface area contributed by atoms with Gasteiger partial charge in [-0.05, 0) is 13.3 Å². The maximum Gasteiger partial charge on any atom is 0.315 e. The number of hydrogen-bond donors (Lipinski definition) is 1. The largest absolute Gasteiger partial charge is 0.466 e. The third-order valence-corrected chi connectivity index (χ3v) is 4.46. The zero-order valence-corrected chi connectivity index (χ0v) is 16.7. The second-order valence-electron chi connectivity index (χ2n) is 6.93. The Bertz CT molecular complexity index is 318. The van der Waals surface area contributed by atoms with Crippen LogP contribution in [0.4, 0.5) is 0 Å². The van der Waals surface area contributed by atoms with Gasteiger partial charge in [0.1, 0.15) is 6.42 Å². The summed E-state index contributed by atoms with van der Waals surface area (Å²) in [5, 5.41) is 2.78. The fourth-order valence-corrected chi connectivity index (χ4v) is 2.95. The first kappa shape index (κ1) is 23.9. The molecule has 0 aromatic rings. The number of nitrogens with one attached hydrogen (secondary N) is 1. The number of rotatable bonds is 18. The van der Waals surface area contributed by atoms with Crippen molar-refractivity contribution in [3.8, 4) is 0 Å². The highest BCUT2D eigenvalue weighted by molar-refractivity contribution is 5.94. The highest BCUT2D eigenvalue weighted by Crippen LogP contribution is 2.12. The molecule has 1 amide bonds. The minimum Gasteiger partial charge on any atom is -0.466 e. The van der Waals surface area contributed by atoms with E-state index in [9.17, 15) is 9.59 Å². The summed E-state index contributed by atoms with van der Waals surface area (Å²) in [6.07, 6.45) is 18.4. The van der Waals surface area contributed by atoms with E-state index in [1.807, 2.05) is 0 Å². The second kappa shape index (κ2) is 19.3. The monoisotopic (exact) mass is 355 g/mol. The average Bonchev–Trinajstić information content (AvgIpc) is 2.58. The van der Waals surface area contributed by atoms with Crippen molar-refractivity contribution in [1.82, 2.24) is 5.32 Å². The van der Waals surface area contributed by atoms with Gasteiger partial charge >= 0.3 is 5.97 Å². The van der Waals surface area contributed by atoms with Crippen molar-refractivity contribution in [2.75, 3.05) is 13.2 Å². The van der Waals surface area contributed by atoms with Crippen LogP contribution in [-0.4, -0.2) is 25.0 Å². The molecular weight excluding hydrogens is 314 g/mol. The summed E-state index contributed by atoms with van der Waals surface area (Å²) in [5.74, 6) is -0.672. The third-order valence-electron chi connectivity index (χ3n) is 4.46. The molecule has 0 heterocycles. The molecule has 4 nitrogen and oxygen atoms in total. The molecule has 0 saturated carbocycles. The smallest absolute Gasteiger partial charge is 0.315 e. The number of amides is 1. The Hall–Kier alpha value is -1.06. The summed E-state index contributed by atoms with van der Waals surface area (Å²) in [4.78, 5) is 22.6. The van der Waals surface area contributed by atoms with Crippen LogP contribution in [-0.2, 0) is 14.3 Å². The Balaban J connectivity index is 3.16. The SMILES string of the molecule is CCCCCCCCCCCCCCCCNC(=O)CC(=O)OCC. The lowest BCUT2D eigenvalue weighted by Crippen LogP contribution is -2.27. The Morgan fingerprint density at radius 2 is 1.12 bits per heavy atom. The van der Waals surface area contributed by atoms with Crippen molar-refractivity contribution in [3.05, 3.63) is 0 Å². The maximum atomic E-state index is 11.5. The van der Waals surface area contributed by atoms with Gasteiger partial charge in [-0.3, -0.25) is 9.59 Å². The summed E-state index contributed by atoms with van der Waals surface area (Å²) in [6.45, 7) is 4.99. The van der Waals surface area contributed by atoms with Crippen molar-refractivity contribution in [3.63, 3.8) is 0 Å². The molecule has 0 aromatic heterocycles. The molecule has 25 heavy (non-hydrogen) atoms. The van der Waals surface area contributed by atoms with Crippen LogP contribution < -0.4 is 5.32 Å². The molecule has 1 N–H and O–H groups in total. The van der Waals surface area contributed by atoms with Crippen LogP contribution in [0.25, 0.3) is 0 Å². The highest BCUT2D eigenvalue weighted by atomic mass is 16.5. The van der Waals surface area contributed by atoms with E-state index in [0.29, 0.717) is 13.2 Å². The molecule has 0 aliphatic carbocycles. The lowest BCUT2D eigenvalue weighted by atomic mass is 10.0. The molecule has 0 unspecified atom stereocenters. The van der Waals surface area contributed by atoms with Crippen molar-refractivity contribution in [1.29, 1.82) is 0 Å². The maximum absolute atomic E-state index is 11.5. The number of unbranched alkanes of at least 4 members (excludes halogenated alkanes) is 13. The van der Waals surface area contributed by atoms with Gasteiger partial charge in [0.15, 0.2) is 0 Å². The van der Waals surface area contributed by atoms with Crippen LogP contribution in [0.1, 0.15) is 110 Å². The third kappa shape index (κ3) is 19.1. The van der Waals surface area contributed by atoms with Gasteiger partial charge in [0.25, 0.3) is 0 Å². The minimum atomic E-state index is -0.444. The van der Waals surface area contributed by atoms with Gasteiger partial charge in [-0.2, -0.15) is 0 Å². The zero-order valence-electron chi connectivity index (χ0n) is 16.7. The summed E-state index contributed by atoms with van der Waals surface area (Å²) in [5.41, 5.74) is 0. The van der Waals surface area contributed by atoms with Crippen molar-refractivity contribution in [2.24, 2.45) is 0 Å². The lowest BCUT2D eigenvalue weighted by molar-refractivity contribution is -0.145. The predicted molar refractivity (Wildman–Crippen MR) is 105 cm³/mol. The Labute approximate surface area is 155 Å². The topological polar surface area (TPSA) is 55.4 Å². The fraction of sp³-hybridized carbons (Fsp3) is 0.905. The van der Waals surface area contributed by atoms with E-state index in [1.165, 1.54) is 77.0 Å². The van der Waals surface area contributed by atoms with Crippen LogP contribution in [0.3, 0.4) is 0 Å². The number of ether oxygens (including phenoxy) is 1. The minimum absolute atomic E-state index is 0.160. The van der Waals surface area contributed by atoms with Gasteiger partial charge in [-0.15, -0.1) is 0 Å². The first-order chi connectivity index (χ1) is 12.2. The summed E-state index contributed by atoms with van der Waals surface area (Å²) in [6, 6.07) is 0. The van der Waals surface area contributed by atoms with E-state index in [4.69, 9.17) is 4.74 Å².